The summed E-state index contributed by atoms with van der Waals surface area (Å²) < 4.78 is 146. The highest BCUT2D eigenvalue weighted by Gasteiger charge is 2.36. The van der Waals surface area contributed by atoms with Gasteiger partial charge in [-0.2, -0.15) is 9.97 Å². The van der Waals surface area contributed by atoms with E-state index in [9.17, 15) is 5.48 Å². The molecule has 52 heavy (non-hydrogen) atoms. The molecule has 7 aromatic carbocycles. The number of hydrogen-bond donors (Lipinski definition) is 0. The third-order valence-electron chi connectivity index (χ3n) is 9.31. The summed E-state index contributed by atoms with van der Waals surface area (Å²) in [5, 5.41) is -0.828. The number of fused-ring (bicyclic) bond motifs is 6. The molecule has 0 amide bonds. The van der Waals surface area contributed by atoms with Crippen LogP contribution in [0.4, 0.5) is 0 Å². The molecule has 2 heterocycles. The maximum Gasteiger partial charge on any atom is 0.238 e. The van der Waals surface area contributed by atoms with E-state index in [1.165, 1.54) is 0 Å². The highest BCUT2D eigenvalue weighted by molar-refractivity contribution is 6.11. The van der Waals surface area contributed by atoms with Gasteiger partial charge in [-0.1, -0.05) is 153 Å². The fourth-order valence-electron chi connectivity index (χ4n) is 6.84. The summed E-state index contributed by atoms with van der Waals surface area (Å²) >= 11 is 0. The molecule has 0 unspecified atom stereocenters. The molecule has 9 aromatic rings. The highest BCUT2D eigenvalue weighted by Crippen LogP contribution is 2.51. The van der Waals surface area contributed by atoms with Crippen molar-refractivity contribution >= 4 is 21.8 Å². The van der Waals surface area contributed by atoms with Gasteiger partial charge < -0.3 is 0 Å². The van der Waals surface area contributed by atoms with E-state index in [1.807, 2.05) is 97.1 Å². The molecule has 0 saturated heterocycles. The van der Waals surface area contributed by atoms with Gasteiger partial charge in [-0.25, -0.2) is 4.98 Å². The summed E-state index contributed by atoms with van der Waals surface area (Å²) in [4.78, 5) is 14.8. The predicted molar refractivity (Wildman–Crippen MR) is 213 cm³/mol. The standard InChI is InChI=1S/C48H34N4/c1-48(2)41-25-11-9-23-37(41)39-30-44-40(29-42(39)48)38-24-10-12-26-43(38)52(44)47-50-45(35-21-13-19-33(27-35)31-15-5-3-6-16-31)49-46(51-47)36-22-14-20-34(28-36)32-17-7-4-8-18-32/h3-30H,1-2H3/i1D3,2D3,9D,10D,11D,12D,23D,24D,25D,26D,29D,30D. The normalized spacial score (nSPS) is 17.8. The minimum absolute atomic E-state index is 0.0887. The van der Waals surface area contributed by atoms with Gasteiger partial charge in [0.25, 0.3) is 0 Å². The molecule has 0 aliphatic heterocycles. The first-order valence-electron chi connectivity index (χ1n) is 24.5. The number of rotatable bonds is 5. The molecule has 0 spiro atoms. The smallest absolute Gasteiger partial charge is 0.238 e. The fourth-order valence-corrected chi connectivity index (χ4v) is 6.84. The van der Waals surface area contributed by atoms with Gasteiger partial charge in [0, 0.05) is 35.5 Å². The van der Waals surface area contributed by atoms with Crippen LogP contribution in [0.25, 0.3) is 83.9 Å². The third-order valence-corrected chi connectivity index (χ3v) is 9.31. The molecule has 2 aromatic heterocycles. The molecular weight excluding hydrogens is 633 g/mol. The topological polar surface area (TPSA) is 43.6 Å². The van der Waals surface area contributed by atoms with E-state index in [0.29, 0.717) is 11.1 Å². The first-order chi connectivity index (χ1) is 32.2. The van der Waals surface area contributed by atoms with Crippen LogP contribution in [0.2, 0.25) is 0 Å². The maximum absolute atomic E-state index is 10.1. The van der Waals surface area contributed by atoms with Gasteiger partial charge >= 0.3 is 0 Å². The second kappa shape index (κ2) is 11.7. The Kier molecular flexibility index (Phi) is 4.06. The van der Waals surface area contributed by atoms with E-state index >= 15 is 0 Å². The van der Waals surface area contributed by atoms with Crippen molar-refractivity contribution in [2.75, 3.05) is 0 Å². The van der Waals surface area contributed by atoms with Crippen molar-refractivity contribution in [2.24, 2.45) is 0 Å². The summed E-state index contributed by atoms with van der Waals surface area (Å²) in [7, 11) is 0. The van der Waals surface area contributed by atoms with Crippen LogP contribution in [0.1, 0.15) is 46.8 Å². The first-order valence-corrected chi connectivity index (χ1v) is 16.5. The zero-order valence-electron chi connectivity index (χ0n) is 43.2. The molecule has 4 nitrogen and oxygen atoms in total. The number of hydrogen-bond acceptors (Lipinski definition) is 3. The second-order valence-electron chi connectivity index (χ2n) is 12.5. The molecule has 0 N–H and O–H groups in total. The largest absolute Gasteiger partial charge is 0.278 e. The quantitative estimate of drug-likeness (QED) is 0.181. The summed E-state index contributed by atoms with van der Waals surface area (Å²) in [6.45, 7) is -7.30. The van der Waals surface area contributed by atoms with Crippen molar-refractivity contribution < 1.29 is 21.9 Å². The maximum atomic E-state index is 10.1. The van der Waals surface area contributed by atoms with Crippen LogP contribution >= 0.6 is 0 Å². The summed E-state index contributed by atoms with van der Waals surface area (Å²) in [5.41, 5.74) is -2.50. The van der Waals surface area contributed by atoms with Crippen LogP contribution < -0.4 is 0 Å². The van der Waals surface area contributed by atoms with E-state index in [2.05, 4.69) is 0 Å². The molecule has 246 valence electrons. The Morgan fingerprint density at radius 1 is 0.500 bits per heavy atom. The Morgan fingerprint density at radius 3 is 1.73 bits per heavy atom. The van der Waals surface area contributed by atoms with E-state index in [4.69, 9.17) is 31.4 Å². The number of para-hydroxylation sites is 1. The van der Waals surface area contributed by atoms with E-state index < -0.39 is 107 Å². The number of benzene rings is 7. The lowest BCUT2D eigenvalue weighted by atomic mass is 9.82. The fraction of sp³-hybridized carbons (Fsp3) is 0.0625. The summed E-state index contributed by atoms with van der Waals surface area (Å²) in [6, 6.07) is 25.7. The first kappa shape index (κ1) is 18.0. The van der Waals surface area contributed by atoms with Crippen LogP contribution in [0.3, 0.4) is 0 Å². The van der Waals surface area contributed by atoms with Gasteiger partial charge in [0.1, 0.15) is 0 Å². The van der Waals surface area contributed by atoms with Crippen molar-refractivity contribution in [1.82, 2.24) is 19.5 Å². The Balaban J connectivity index is 1.40. The highest BCUT2D eigenvalue weighted by atomic mass is 15.2. The minimum atomic E-state index is -3.65. The van der Waals surface area contributed by atoms with Crippen molar-refractivity contribution in [3.05, 3.63) is 181 Å². The zero-order chi connectivity index (χ0) is 48.5. The monoisotopic (exact) mass is 682 g/mol. The van der Waals surface area contributed by atoms with Crippen molar-refractivity contribution in [2.45, 2.75) is 19.1 Å². The van der Waals surface area contributed by atoms with Crippen LogP contribution in [0, 0.1) is 0 Å². The third kappa shape index (κ3) is 4.79. The minimum Gasteiger partial charge on any atom is -0.278 e. The molecule has 1 aliphatic carbocycles. The molecule has 0 radical (unpaired) electrons. The Morgan fingerprint density at radius 2 is 1.08 bits per heavy atom. The van der Waals surface area contributed by atoms with Crippen molar-refractivity contribution in [3.63, 3.8) is 0 Å². The lowest BCUT2D eigenvalue weighted by molar-refractivity contribution is 0.661. The van der Waals surface area contributed by atoms with Gasteiger partial charge in [0.15, 0.2) is 11.6 Å². The van der Waals surface area contributed by atoms with Gasteiger partial charge in [0.2, 0.25) is 5.95 Å². The van der Waals surface area contributed by atoms with Crippen LogP contribution in [0.15, 0.2) is 170 Å². The van der Waals surface area contributed by atoms with E-state index in [1.54, 1.807) is 12.1 Å². The predicted octanol–water partition coefficient (Wildman–Crippen LogP) is 11.9. The number of nitrogens with zero attached hydrogens (tertiary/aromatic N) is 4. The second-order valence-corrected chi connectivity index (χ2v) is 12.5. The van der Waals surface area contributed by atoms with Crippen molar-refractivity contribution in [3.8, 4) is 62.1 Å². The molecule has 10 rings (SSSR count). The molecular formula is C48H34N4. The molecule has 4 heteroatoms. The van der Waals surface area contributed by atoms with Crippen LogP contribution in [-0.4, -0.2) is 19.5 Å². The molecule has 0 fully saturated rings. The lowest BCUT2D eigenvalue weighted by Gasteiger charge is -2.21. The summed E-state index contributed by atoms with van der Waals surface area (Å²) in [5.74, 6) is -0.124. The van der Waals surface area contributed by atoms with E-state index in [0.717, 1.165) is 26.8 Å². The van der Waals surface area contributed by atoms with Crippen LogP contribution in [-0.2, 0) is 5.41 Å². The average molecular weight is 683 g/mol. The van der Waals surface area contributed by atoms with Gasteiger partial charge in [-0.3, -0.25) is 4.57 Å². The van der Waals surface area contributed by atoms with Gasteiger partial charge in [0.05, 0.1) is 24.7 Å². The zero-order valence-corrected chi connectivity index (χ0v) is 27.2. The molecule has 0 bridgehead atoms. The van der Waals surface area contributed by atoms with Crippen LogP contribution in [0.5, 0.6) is 0 Å². The number of aromatic nitrogens is 4. The summed E-state index contributed by atoms with van der Waals surface area (Å²) in [6.07, 6.45) is 0. The van der Waals surface area contributed by atoms with Crippen molar-refractivity contribution in [1.29, 1.82) is 0 Å². The van der Waals surface area contributed by atoms with Gasteiger partial charge in [-0.15, -0.1) is 0 Å². The molecule has 1 aliphatic rings. The SMILES string of the molecule is [2H]c1c([2H])c([2H])c2c(c1[2H])-c1c(c([2H])c3c4c([2H])c([2H])c([2H])c([2H])c4n(-c4nc(-c5cccc(-c6ccccc6)c5)nc(-c5cccc(-c6ccccc6)c5)n4)c3c1[2H])C2(C([2H])([2H])[2H])C([2H])([2H])[2H]. The Labute approximate surface area is 325 Å². The Bertz CT molecular complexity index is 3490. The van der Waals surface area contributed by atoms with E-state index in [-0.39, 0.29) is 34.0 Å². The van der Waals surface area contributed by atoms with Gasteiger partial charge in [-0.05, 0) is 74.8 Å². The molecule has 0 atom stereocenters. The Hall–Kier alpha value is -6.65. The average Bonchev–Trinajstić information content (AvgIpc) is 3.88. The lowest BCUT2D eigenvalue weighted by Crippen LogP contribution is -2.14. The molecule has 0 saturated carbocycles.